The Morgan fingerprint density at radius 1 is 0.650 bits per heavy atom. The zero-order valence-electron chi connectivity index (χ0n) is 23.8. The van der Waals surface area contributed by atoms with Gasteiger partial charge in [0.1, 0.15) is 5.75 Å². The van der Waals surface area contributed by atoms with Crippen molar-refractivity contribution in [2.75, 3.05) is 0 Å². The second kappa shape index (κ2) is 11.5. The molecular formula is C35H34N3OPt-. The van der Waals surface area contributed by atoms with Gasteiger partial charge in [-0.15, -0.1) is 6.07 Å². The molecule has 0 fully saturated rings. The molecular weight excluding hydrogens is 673 g/mol. The number of phenols is 1. The van der Waals surface area contributed by atoms with Crippen LogP contribution in [-0.2, 0) is 31.9 Å². The maximum absolute atomic E-state index is 10.7. The Balaban J connectivity index is 0.00000370. The minimum Gasteiger partial charge on any atom is -0.507 e. The number of aromatic nitrogens is 3. The van der Waals surface area contributed by atoms with Crippen molar-refractivity contribution in [3.8, 4) is 50.6 Å². The van der Waals surface area contributed by atoms with Crippen LogP contribution in [0.25, 0.3) is 44.9 Å². The van der Waals surface area contributed by atoms with Crippen LogP contribution in [0.2, 0.25) is 0 Å². The molecule has 0 unspecified atom stereocenters. The Kier molecular flexibility index (Phi) is 8.42. The van der Waals surface area contributed by atoms with E-state index in [4.69, 9.17) is 4.98 Å². The number of rotatable bonds is 4. The van der Waals surface area contributed by atoms with Gasteiger partial charge in [0.05, 0.1) is 5.69 Å². The molecule has 1 N–H and O–H groups in total. The normalized spacial score (nSPS) is 11.7. The summed E-state index contributed by atoms with van der Waals surface area (Å²) >= 11 is 0. The Bertz CT molecular complexity index is 1600. The van der Waals surface area contributed by atoms with Crippen LogP contribution in [-0.4, -0.2) is 20.1 Å². The van der Waals surface area contributed by atoms with E-state index in [1.54, 1.807) is 24.7 Å². The number of hydrogen-bond acceptors (Lipinski definition) is 4. The quantitative estimate of drug-likeness (QED) is 0.190. The van der Waals surface area contributed by atoms with Crippen molar-refractivity contribution in [2.24, 2.45) is 0 Å². The molecule has 0 atom stereocenters. The molecule has 40 heavy (non-hydrogen) atoms. The van der Waals surface area contributed by atoms with Gasteiger partial charge in [-0.2, -0.15) is 0 Å². The van der Waals surface area contributed by atoms with Gasteiger partial charge in [0.15, 0.2) is 0 Å². The number of nitrogens with zero attached hydrogens (tertiary/aromatic N) is 3. The number of pyridine rings is 3. The summed E-state index contributed by atoms with van der Waals surface area (Å²) in [6.45, 7) is 13.5. The van der Waals surface area contributed by atoms with E-state index in [2.05, 4.69) is 87.9 Å². The topological polar surface area (TPSA) is 58.9 Å². The van der Waals surface area contributed by atoms with Crippen molar-refractivity contribution < 1.29 is 26.2 Å². The van der Waals surface area contributed by atoms with Gasteiger partial charge < -0.3 is 10.1 Å². The summed E-state index contributed by atoms with van der Waals surface area (Å²) in [7, 11) is 0. The largest absolute Gasteiger partial charge is 0.507 e. The van der Waals surface area contributed by atoms with Crippen molar-refractivity contribution in [1.82, 2.24) is 15.0 Å². The summed E-state index contributed by atoms with van der Waals surface area (Å²) in [4.78, 5) is 13.9. The molecule has 5 rings (SSSR count). The van der Waals surface area contributed by atoms with Crippen LogP contribution in [0.4, 0.5) is 0 Å². The summed E-state index contributed by atoms with van der Waals surface area (Å²) < 4.78 is 0. The summed E-state index contributed by atoms with van der Waals surface area (Å²) in [5, 5.41) is 10.7. The SMILES string of the molecule is CC(C)(C)c1cc(-c2cc(-c3[c-]c(-c4ccccn4)cnc3)nc(-c3ccccc3O)c2)cc(C(C)(C)C)c1.[Pt]. The number of benzene rings is 2. The molecule has 4 nitrogen and oxygen atoms in total. The molecule has 5 aromatic rings. The van der Waals surface area contributed by atoms with Gasteiger partial charge in [0, 0.05) is 44.2 Å². The molecule has 0 amide bonds. The number of hydrogen-bond donors (Lipinski definition) is 1. The van der Waals surface area contributed by atoms with Gasteiger partial charge in [-0.1, -0.05) is 101 Å². The minimum atomic E-state index is -0.0128. The van der Waals surface area contributed by atoms with Gasteiger partial charge in [0.25, 0.3) is 0 Å². The monoisotopic (exact) mass is 707 g/mol. The molecule has 0 bridgehead atoms. The van der Waals surface area contributed by atoms with Crippen LogP contribution < -0.4 is 0 Å². The average Bonchev–Trinajstić information content (AvgIpc) is 2.92. The second-order valence-electron chi connectivity index (χ2n) is 12.0. The van der Waals surface area contributed by atoms with E-state index in [9.17, 15) is 5.11 Å². The smallest absolute Gasteiger partial charge is 0.124 e. The molecule has 3 aromatic heterocycles. The van der Waals surface area contributed by atoms with Gasteiger partial charge in [-0.3, -0.25) is 9.97 Å². The van der Waals surface area contributed by atoms with E-state index in [1.807, 2.05) is 36.4 Å². The molecule has 206 valence electrons. The summed E-state index contributed by atoms with van der Waals surface area (Å²) in [6, 6.07) is 27.6. The van der Waals surface area contributed by atoms with Crippen LogP contribution in [0.5, 0.6) is 5.75 Å². The zero-order valence-corrected chi connectivity index (χ0v) is 26.0. The van der Waals surface area contributed by atoms with Gasteiger partial charge in [-0.25, -0.2) is 0 Å². The van der Waals surface area contributed by atoms with Crippen molar-refractivity contribution in [3.63, 3.8) is 0 Å². The standard InChI is InChI=1S/C35H34N3O.Pt/c1-34(2,3)27-16-23(17-28(20-27)35(4,5)6)24-18-31(38-32(19-24)29-11-7-8-13-33(29)39)26-15-25(21-36-22-26)30-12-9-10-14-37-30;/h7-14,16-22,39H,1-6H3;/q-1;. The van der Waals surface area contributed by atoms with Crippen LogP contribution in [0.1, 0.15) is 52.7 Å². The predicted octanol–water partition coefficient (Wildman–Crippen LogP) is 8.64. The Morgan fingerprint density at radius 3 is 1.82 bits per heavy atom. The van der Waals surface area contributed by atoms with Crippen LogP contribution in [0.3, 0.4) is 0 Å². The fourth-order valence-corrected chi connectivity index (χ4v) is 4.50. The third-order valence-electron chi connectivity index (χ3n) is 6.90. The molecule has 0 aliphatic rings. The first kappa shape index (κ1) is 29.4. The van der Waals surface area contributed by atoms with E-state index in [0.717, 1.165) is 33.6 Å². The molecule has 0 aliphatic heterocycles. The fraction of sp³-hybridized carbons (Fsp3) is 0.229. The average molecular weight is 708 g/mol. The first-order valence-corrected chi connectivity index (χ1v) is 13.2. The Labute approximate surface area is 251 Å². The number of phenolic OH excluding ortho intramolecular Hbond substituents is 1. The third kappa shape index (κ3) is 6.40. The van der Waals surface area contributed by atoms with Crippen LogP contribution in [0.15, 0.2) is 91.4 Å². The van der Waals surface area contributed by atoms with Crippen molar-refractivity contribution >= 4 is 0 Å². The number of aromatic hydroxyl groups is 1. The van der Waals surface area contributed by atoms with Crippen molar-refractivity contribution in [3.05, 3.63) is 109 Å². The first-order valence-electron chi connectivity index (χ1n) is 13.2. The minimum absolute atomic E-state index is 0. The van der Waals surface area contributed by atoms with Gasteiger partial charge in [0.2, 0.25) is 0 Å². The molecule has 0 saturated heterocycles. The van der Waals surface area contributed by atoms with Crippen LogP contribution in [0, 0.1) is 6.07 Å². The molecule has 5 heteroatoms. The maximum Gasteiger partial charge on any atom is 0.124 e. The Hall–Kier alpha value is -3.62. The van der Waals surface area contributed by atoms with E-state index >= 15 is 0 Å². The fourth-order valence-electron chi connectivity index (χ4n) is 4.50. The van der Waals surface area contributed by atoms with Crippen molar-refractivity contribution in [1.29, 1.82) is 0 Å². The first-order chi connectivity index (χ1) is 18.5. The van der Waals surface area contributed by atoms with E-state index in [-0.39, 0.29) is 37.6 Å². The molecule has 2 aromatic carbocycles. The Morgan fingerprint density at radius 2 is 1.23 bits per heavy atom. The molecule has 0 spiro atoms. The van der Waals surface area contributed by atoms with Crippen molar-refractivity contribution in [2.45, 2.75) is 52.4 Å². The van der Waals surface area contributed by atoms with Gasteiger partial charge in [-0.05, 0) is 69.7 Å². The summed E-state index contributed by atoms with van der Waals surface area (Å²) in [6.07, 6.45) is 5.31. The molecule has 0 saturated carbocycles. The second-order valence-corrected chi connectivity index (χ2v) is 12.0. The molecule has 0 aliphatic carbocycles. The third-order valence-corrected chi connectivity index (χ3v) is 6.90. The summed E-state index contributed by atoms with van der Waals surface area (Å²) in [5.41, 5.74) is 9.12. The predicted molar refractivity (Wildman–Crippen MR) is 159 cm³/mol. The maximum atomic E-state index is 10.7. The summed E-state index contributed by atoms with van der Waals surface area (Å²) in [5.74, 6) is 0.191. The van der Waals surface area contributed by atoms with Crippen LogP contribution >= 0.6 is 0 Å². The molecule has 0 radical (unpaired) electrons. The van der Waals surface area contributed by atoms with E-state index < -0.39 is 0 Å². The van der Waals surface area contributed by atoms with E-state index in [0.29, 0.717) is 11.3 Å². The van der Waals surface area contributed by atoms with E-state index in [1.165, 1.54) is 11.1 Å². The van der Waals surface area contributed by atoms with Gasteiger partial charge >= 0.3 is 0 Å². The molecule has 3 heterocycles. The zero-order chi connectivity index (χ0) is 27.8. The number of para-hydroxylation sites is 1.